The van der Waals surface area contributed by atoms with Gasteiger partial charge in [-0.3, -0.25) is 9.56 Å². The molecular weight excluding hydrogens is 316 g/mol. The summed E-state index contributed by atoms with van der Waals surface area (Å²) in [5.74, 6) is 2.45. The van der Waals surface area contributed by atoms with Gasteiger partial charge in [-0.1, -0.05) is 18.2 Å². The maximum atomic E-state index is 5.70. The van der Waals surface area contributed by atoms with E-state index in [0.29, 0.717) is 13.2 Å². The molecule has 1 aromatic heterocycles. The molecule has 134 valence electrons. The van der Waals surface area contributed by atoms with Gasteiger partial charge in [0.2, 0.25) is 0 Å². The molecule has 1 aliphatic rings. The van der Waals surface area contributed by atoms with Gasteiger partial charge in [0.1, 0.15) is 6.33 Å². The number of hydrogen-bond acceptors (Lipinski definition) is 4. The van der Waals surface area contributed by atoms with Gasteiger partial charge in [-0.25, -0.2) is 0 Å². The third kappa shape index (κ3) is 5.03. The standard InChI is InChI=1S/C18H26N6O/c1-19-18(23(2)10-11-25-13-15-8-9-15)20-12-17-22-21-14-24(17)16-6-4-3-5-7-16/h3-7,14-15H,8-13H2,1-2H3,(H,19,20). The molecule has 7 heteroatoms. The average molecular weight is 342 g/mol. The maximum Gasteiger partial charge on any atom is 0.193 e. The van der Waals surface area contributed by atoms with Crippen molar-refractivity contribution in [1.82, 2.24) is 25.0 Å². The molecule has 7 nitrogen and oxygen atoms in total. The van der Waals surface area contributed by atoms with Gasteiger partial charge in [0.05, 0.1) is 13.2 Å². The highest BCUT2D eigenvalue weighted by Crippen LogP contribution is 2.28. The van der Waals surface area contributed by atoms with Crippen LogP contribution in [0.1, 0.15) is 18.7 Å². The Balaban J connectivity index is 1.50. The number of guanidine groups is 1. The Bertz CT molecular complexity index is 680. The minimum atomic E-state index is 0.550. The second-order valence-electron chi connectivity index (χ2n) is 6.29. The Hall–Kier alpha value is -2.41. The molecule has 1 N–H and O–H groups in total. The zero-order valence-corrected chi connectivity index (χ0v) is 14.9. The van der Waals surface area contributed by atoms with Crippen LogP contribution in [0.15, 0.2) is 41.7 Å². The van der Waals surface area contributed by atoms with Crippen LogP contribution in [0.2, 0.25) is 0 Å². The number of aromatic nitrogens is 3. The van der Waals surface area contributed by atoms with Crippen LogP contribution in [0, 0.1) is 5.92 Å². The summed E-state index contributed by atoms with van der Waals surface area (Å²) in [6, 6.07) is 10.1. The number of para-hydroxylation sites is 1. The molecule has 0 radical (unpaired) electrons. The second-order valence-corrected chi connectivity index (χ2v) is 6.29. The first-order chi connectivity index (χ1) is 12.3. The summed E-state index contributed by atoms with van der Waals surface area (Å²) in [6.45, 7) is 2.96. The number of aliphatic imine (C=N–C) groups is 1. The minimum Gasteiger partial charge on any atom is -0.379 e. The van der Waals surface area contributed by atoms with Crippen LogP contribution in [0.4, 0.5) is 0 Å². The van der Waals surface area contributed by atoms with Crippen molar-refractivity contribution in [1.29, 1.82) is 0 Å². The molecule has 1 fully saturated rings. The monoisotopic (exact) mass is 342 g/mol. The zero-order chi connectivity index (χ0) is 17.5. The first kappa shape index (κ1) is 17.4. The molecular formula is C18H26N6O. The second kappa shape index (κ2) is 8.62. The Morgan fingerprint density at radius 2 is 2.16 bits per heavy atom. The number of hydrogen-bond donors (Lipinski definition) is 1. The number of likely N-dealkylation sites (N-methyl/N-ethyl adjacent to an activating group) is 1. The van der Waals surface area contributed by atoms with Gasteiger partial charge in [0, 0.05) is 32.9 Å². The highest BCUT2D eigenvalue weighted by molar-refractivity contribution is 5.79. The van der Waals surface area contributed by atoms with Crippen molar-refractivity contribution in [2.24, 2.45) is 10.9 Å². The normalized spacial score (nSPS) is 14.6. The Morgan fingerprint density at radius 3 is 2.88 bits per heavy atom. The lowest BCUT2D eigenvalue weighted by atomic mass is 10.3. The Morgan fingerprint density at radius 1 is 1.36 bits per heavy atom. The summed E-state index contributed by atoms with van der Waals surface area (Å²) in [5, 5.41) is 11.6. The van der Waals surface area contributed by atoms with Gasteiger partial charge in [-0.05, 0) is 30.9 Å². The van der Waals surface area contributed by atoms with Crippen molar-refractivity contribution in [2.75, 3.05) is 33.9 Å². The summed E-state index contributed by atoms with van der Waals surface area (Å²) in [4.78, 5) is 6.40. The predicted molar refractivity (Wildman–Crippen MR) is 97.7 cm³/mol. The molecule has 1 aliphatic carbocycles. The predicted octanol–water partition coefficient (Wildman–Crippen LogP) is 1.70. The van der Waals surface area contributed by atoms with E-state index in [4.69, 9.17) is 4.74 Å². The van der Waals surface area contributed by atoms with E-state index < -0.39 is 0 Å². The lowest BCUT2D eigenvalue weighted by Gasteiger charge is -2.22. The molecule has 1 saturated carbocycles. The SMILES string of the molecule is CN=C(NCc1nncn1-c1ccccc1)N(C)CCOCC1CC1. The van der Waals surface area contributed by atoms with Gasteiger partial charge in [-0.2, -0.15) is 0 Å². The van der Waals surface area contributed by atoms with Crippen LogP contribution < -0.4 is 5.32 Å². The summed E-state index contributed by atoms with van der Waals surface area (Å²) in [7, 11) is 3.80. The van der Waals surface area contributed by atoms with Gasteiger partial charge >= 0.3 is 0 Å². The van der Waals surface area contributed by atoms with E-state index in [-0.39, 0.29) is 0 Å². The van der Waals surface area contributed by atoms with Crippen molar-refractivity contribution in [2.45, 2.75) is 19.4 Å². The molecule has 2 aromatic rings. The lowest BCUT2D eigenvalue weighted by molar-refractivity contribution is 0.115. The van der Waals surface area contributed by atoms with Gasteiger partial charge in [-0.15, -0.1) is 10.2 Å². The number of rotatable bonds is 8. The van der Waals surface area contributed by atoms with Crippen LogP contribution in [0.25, 0.3) is 5.69 Å². The van der Waals surface area contributed by atoms with Gasteiger partial charge in [0.25, 0.3) is 0 Å². The summed E-state index contributed by atoms with van der Waals surface area (Å²) in [6.07, 6.45) is 4.37. The largest absolute Gasteiger partial charge is 0.379 e. The molecule has 25 heavy (non-hydrogen) atoms. The molecule has 0 unspecified atom stereocenters. The van der Waals surface area contributed by atoms with Crippen LogP contribution in [0.3, 0.4) is 0 Å². The molecule has 0 amide bonds. The molecule has 3 rings (SSSR count). The lowest BCUT2D eigenvalue weighted by Crippen LogP contribution is -2.40. The average Bonchev–Trinajstić information content (AvgIpc) is 3.35. The topological polar surface area (TPSA) is 67.6 Å². The summed E-state index contributed by atoms with van der Waals surface area (Å²) >= 11 is 0. The van der Waals surface area contributed by atoms with Crippen LogP contribution in [0.5, 0.6) is 0 Å². The number of nitrogens with zero attached hydrogens (tertiary/aromatic N) is 5. The van der Waals surface area contributed by atoms with E-state index in [0.717, 1.165) is 36.5 Å². The van der Waals surface area contributed by atoms with Gasteiger partial charge < -0.3 is 15.0 Å². The van der Waals surface area contributed by atoms with E-state index >= 15 is 0 Å². The highest BCUT2D eigenvalue weighted by atomic mass is 16.5. The molecule has 0 spiro atoms. The first-order valence-corrected chi connectivity index (χ1v) is 8.71. The number of benzene rings is 1. The molecule has 1 heterocycles. The fraction of sp³-hybridized carbons (Fsp3) is 0.500. The van der Waals surface area contributed by atoms with Crippen molar-refractivity contribution in [3.8, 4) is 5.69 Å². The molecule has 1 aromatic carbocycles. The first-order valence-electron chi connectivity index (χ1n) is 8.71. The van der Waals surface area contributed by atoms with E-state index in [1.807, 2.05) is 41.9 Å². The van der Waals surface area contributed by atoms with Crippen molar-refractivity contribution in [3.05, 3.63) is 42.5 Å². The fourth-order valence-corrected chi connectivity index (χ4v) is 2.57. The Kier molecular flexibility index (Phi) is 6.00. The quantitative estimate of drug-likeness (QED) is 0.449. The minimum absolute atomic E-state index is 0.550. The van der Waals surface area contributed by atoms with Crippen LogP contribution >= 0.6 is 0 Å². The highest BCUT2D eigenvalue weighted by Gasteiger charge is 2.21. The number of ether oxygens (including phenoxy) is 1. The van der Waals surface area contributed by atoms with Crippen molar-refractivity contribution in [3.63, 3.8) is 0 Å². The molecule has 0 aliphatic heterocycles. The van der Waals surface area contributed by atoms with Gasteiger partial charge in [0.15, 0.2) is 11.8 Å². The van der Waals surface area contributed by atoms with E-state index in [1.54, 1.807) is 13.4 Å². The molecule has 0 saturated heterocycles. The van der Waals surface area contributed by atoms with Crippen molar-refractivity contribution >= 4 is 5.96 Å². The smallest absolute Gasteiger partial charge is 0.193 e. The van der Waals surface area contributed by atoms with E-state index in [1.165, 1.54) is 12.8 Å². The Labute approximate surface area is 148 Å². The number of nitrogens with one attached hydrogen (secondary N) is 1. The van der Waals surface area contributed by atoms with E-state index in [9.17, 15) is 0 Å². The molecule has 0 bridgehead atoms. The third-order valence-electron chi connectivity index (χ3n) is 4.25. The summed E-state index contributed by atoms with van der Waals surface area (Å²) in [5.41, 5.74) is 1.04. The summed E-state index contributed by atoms with van der Waals surface area (Å²) < 4.78 is 7.67. The fourth-order valence-electron chi connectivity index (χ4n) is 2.57. The van der Waals surface area contributed by atoms with Crippen molar-refractivity contribution < 1.29 is 4.74 Å². The van der Waals surface area contributed by atoms with E-state index in [2.05, 4.69) is 25.4 Å². The maximum absolute atomic E-state index is 5.70. The molecule has 0 atom stereocenters. The van der Waals surface area contributed by atoms with Crippen LogP contribution in [-0.2, 0) is 11.3 Å². The zero-order valence-electron chi connectivity index (χ0n) is 14.9. The van der Waals surface area contributed by atoms with Crippen LogP contribution in [-0.4, -0.2) is 59.5 Å². The third-order valence-corrected chi connectivity index (χ3v) is 4.25.